The van der Waals surface area contributed by atoms with Crippen LogP contribution >= 0.6 is 0 Å². The number of amides is 1. The topological polar surface area (TPSA) is 116 Å². The second kappa shape index (κ2) is 9.04. The van der Waals surface area contributed by atoms with Crippen molar-refractivity contribution < 1.29 is 24.0 Å². The van der Waals surface area contributed by atoms with Gasteiger partial charge in [0.15, 0.2) is 11.6 Å². The number of carbonyl (C=O) groups excluding carboxylic acids is 2. The molecule has 10 heteroatoms. The lowest BCUT2D eigenvalue weighted by molar-refractivity contribution is -0.126. The van der Waals surface area contributed by atoms with Crippen molar-refractivity contribution in [3.8, 4) is 0 Å². The lowest BCUT2D eigenvalue weighted by Crippen LogP contribution is -2.53. The number of hydrogen-bond donors (Lipinski definition) is 3. The summed E-state index contributed by atoms with van der Waals surface area (Å²) in [5.41, 5.74) is 0. The Morgan fingerprint density at radius 1 is 1.35 bits per heavy atom. The molecule has 2 rings (SSSR count). The predicted molar refractivity (Wildman–Crippen MR) is 93.6 cm³/mol. The number of aromatic nitrogens is 2. The second-order valence-electron chi connectivity index (χ2n) is 6.88. The fourth-order valence-electron chi connectivity index (χ4n) is 2.86. The summed E-state index contributed by atoms with van der Waals surface area (Å²) >= 11 is 0. The van der Waals surface area contributed by atoms with E-state index in [9.17, 15) is 24.0 Å². The van der Waals surface area contributed by atoms with Gasteiger partial charge < -0.3 is 20.3 Å². The molecule has 0 radical (unpaired) electrons. The minimum Gasteiger partial charge on any atom is -0.426 e. The molecule has 1 fully saturated rings. The third-order valence-electron chi connectivity index (χ3n) is 4.28. The van der Waals surface area contributed by atoms with Crippen LogP contribution in [0.4, 0.5) is 10.3 Å². The van der Waals surface area contributed by atoms with Crippen LogP contribution in [0.3, 0.4) is 0 Å². The Kier molecular flexibility index (Phi) is 7.04. The Bertz CT molecular complexity index is 629. The predicted octanol–water partition coefficient (Wildman–Crippen LogP) is 0.0866. The molecule has 1 aliphatic heterocycles. The van der Waals surface area contributed by atoms with Crippen molar-refractivity contribution in [3.63, 3.8) is 0 Å². The van der Waals surface area contributed by atoms with Gasteiger partial charge in [0.2, 0.25) is 11.9 Å². The highest BCUT2D eigenvalue weighted by Crippen LogP contribution is 2.24. The van der Waals surface area contributed by atoms with Crippen LogP contribution in [0.1, 0.15) is 39.5 Å². The van der Waals surface area contributed by atoms with Crippen LogP contribution in [0.15, 0.2) is 12.4 Å². The van der Waals surface area contributed by atoms with Gasteiger partial charge in [-0.2, -0.15) is 0 Å². The Labute approximate surface area is 152 Å². The molecule has 1 saturated heterocycles. The molecule has 142 valence electrons. The number of rotatable bonds is 9. The number of nitrogens with one attached hydrogen (secondary N) is 1. The summed E-state index contributed by atoms with van der Waals surface area (Å²) < 4.78 is 12.9. The minimum atomic E-state index is -1.64. The third-order valence-corrected chi connectivity index (χ3v) is 4.28. The molecule has 2 atom stereocenters. The molecule has 1 aliphatic rings. The number of hydrogen-bond acceptors (Lipinski definition) is 7. The van der Waals surface area contributed by atoms with Crippen molar-refractivity contribution in [1.82, 2.24) is 15.3 Å². The van der Waals surface area contributed by atoms with Crippen molar-refractivity contribution in [1.29, 1.82) is 0 Å². The maximum Gasteiger partial charge on any atom is 0.475 e. The molecule has 0 aromatic carbocycles. The molecule has 26 heavy (non-hydrogen) atoms. The molecule has 0 saturated carbocycles. The molecule has 8 nitrogen and oxygen atoms in total. The van der Waals surface area contributed by atoms with Gasteiger partial charge in [-0.1, -0.05) is 13.8 Å². The molecule has 0 spiro atoms. The van der Waals surface area contributed by atoms with Gasteiger partial charge in [0.1, 0.15) is 0 Å². The summed E-state index contributed by atoms with van der Waals surface area (Å²) in [6, 6.07) is -0.414. The van der Waals surface area contributed by atoms with Crippen LogP contribution in [0.2, 0.25) is 0 Å². The number of halogens is 1. The van der Waals surface area contributed by atoms with E-state index >= 15 is 0 Å². The number of nitrogens with zero attached hydrogens (tertiary/aromatic N) is 3. The van der Waals surface area contributed by atoms with E-state index in [1.807, 2.05) is 13.8 Å². The summed E-state index contributed by atoms with van der Waals surface area (Å²) in [6.07, 6.45) is 3.15. The normalized spacial score (nSPS) is 17.6. The Balaban J connectivity index is 1.82. The molecule has 2 heterocycles. The summed E-state index contributed by atoms with van der Waals surface area (Å²) in [5.74, 6) is -1.35. The zero-order valence-electron chi connectivity index (χ0n) is 14.9. The summed E-state index contributed by atoms with van der Waals surface area (Å²) in [4.78, 5) is 33.7. The molecule has 1 aromatic heterocycles. The first-order valence-electron chi connectivity index (χ1n) is 8.70. The van der Waals surface area contributed by atoms with Gasteiger partial charge in [-0.15, -0.1) is 0 Å². The van der Waals surface area contributed by atoms with Gasteiger partial charge in [-0.3, -0.25) is 9.59 Å². The van der Waals surface area contributed by atoms with E-state index < -0.39 is 30.8 Å². The van der Waals surface area contributed by atoms with Gasteiger partial charge >= 0.3 is 7.12 Å². The minimum absolute atomic E-state index is 0.0319. The van der Waals surface area contributed by atoms with E-state index in [2.05, 4.69) is 15.3 Å². The van der Waals surface area contributed by atoms with Crippen LogP contribution in [-0.4, -0.2) is 57.4 Å². The van der Waals surface area contributed by atoms with Crippen molar-refractivity contribution in [2.45, 2.75) is 51.5 Å². The fraction of sp³-hybridized carbons (Fsp3) is 0.625. The third kappa shape index (κ3) is 5.47. The monoisotopic (exact) mass is 366 g/mol. The highest BCUT2D eigenvalue weighted by atomic mass is 19.1. The van der Waals surface area contributed by atoms with E-state index in [0.717, 1.165) is 12.4 Å². The molecule has 0 unspecified atom stereocenters. The van der Waals surface area contributed by atoms with Crippen molar-refractivity contribution >= 4 is 24.8 Å². The van der Waals surface area contributed by atoms with Crippen LogP contribution < -0.4 is 10.2 Å². The maximum atomic E-state index is 12.9. The zero-order valence-corrected chi connectivity index (χ0v) is 14.9. The van der Waals surface area contributed by atoms with E-state index in [1.54, 1.807) is 4.90 Å². The number of Topliss-reactive ketones (excluding diaryl/α,β-unsaturated/α-hetero) is 1. The lowest BCUT2D eigenvalue weighted by Gasteiger charge is -2.39. The molecular formula is C16H24BFN4O4. The first-order chi connectivity index (χ1) is 12.3. The van der Waals surface area contributed by atoms with E-state index in [0.29, 0.717) is 25.3 Å². The number of anilines is 1. The average Bonchev–Trinajstić information content (AvgIpc) is 2.53. The molecule has 0 aliphatic carbocycles. The molecule has 1 amide bonds. The van der Waals surface area contributed by atoms with Crippen molar-refractivity contribution in [2.75, 3.05) is 11.4 Å². The van der Waals surface area contributed by atoms with Crippen LogP contribution in [0.25, 0.3) is 0 Å². The van der Waals surface area contributed by atoms with Gasteiger partial charge in [-0.25, -0.2) is 14.4 Å². The largest absolute Gasteiger partial charge is 0.475 e. The summed E-state index contributed by atoms with van der Waals surface area (Å²) in [5, 5.41) is 21.2. The van der Waals surface area contributed by atoms with E-state index in [1.165, 1.54) is 0 Å². The zero-order chi connectivity index (χ0) is 19.3. The van der Waals surface area contributed by atoms with Crippen molar-refractivity contribution in [2.24, 2.45) is 5.92 Å². The van der Waals surface area contributed by atoms with Gasteiger partial charge in [-0.05, 0) is 18.8 Å². The highest BCUT2D eigenvalue weighted by Gasteiger charge is 2.35. The Morgan fingerprint density at radius 2 is 2.00 bits per heavy atom. The van der Waals surface area contributed by atoms with Crippen molar-refractivity contribution in [3.05, 3.63) is 18.2 Å². The van der Waals surface area contributed by atoms with Crippen LogP contribution in [-0.2, 0) is 9.59 Å². The Hall–Kier alpha value is -2.07. The average molecular weight is 366 g/mol. The first-order valence-corrected chi connectivity index (χ1v) is 8.70. The van der Waals surface area contributed by atoms with Crippen LogP contribution in [0.5, 0.6) is 0 Å². The van der Waals surface area contributed by atoms with Gasteiger partial charge in [0.25, 0.3) is 0 Å². The van der Waals surface area contributed by atoms with Crippen LogP contribution in [0, 0.1) is 11.7 Å². The Morgan fingerprint density at radius 3 is 2.50 bits per heavy atom. The van der Waals surface area contributed by atoms with Gasteiger partial charge in [0.05, 0.1) is 24.4 Å². The quantitative estimate of drug-likeness (QED) is 0.531. The standard InChI is InChI=1S/C16H24BFN4O4/c1-10(2)7-14(17(25)26)21-15(24)4-3-13(23)12-5-6-22(12)16-19-8-11(18)9-20-16/h8-10,12,14,25-26H,3-7H2,1-2H3,(H,21,24)/t12-,14-/m0/s1. The second-order valence-corrected chi connectivity index (χ2v) is 6.88. The first kappa shape index (κ1) is 20.2. The summed E-state index contributed by atoms with van der Waals surface area (Å²) in [6.45, 7) is 4.42. The highest BCUT2D eigenvalue weighted by molar-refractivity contribution is 6.43. The fourth-order valence-corrected chi connectivity index (χ4v) is 2.86. The smallest absolute Gasteiger partial charge is 0.426 e. The van der Waals surface area contributed by atoms with Gasteiger partial charge in [0, 0.05) is 19.4 Å². The number of carbonyl (C=O) groups is 2. The lowest BCUT2D eigenvalue weighted by atomic mass is 9.75. The molecule has 0 bridgehead atoms. The molecular weight excluding hydrogens is 342 g/mol. The molecule has 3 N–H and O–H groups in total. The summed E-state index contributed by atoms with van der Waals surface area (Å²) in [7, 11) is -1.64. The van der Waals surface area contributed by atoms with E-state index in [-0.39, 0.29) is 24.5 Å². The maximum absolute atomic E-state index is 12.9. The number of ketones is 1. The SMILES string of the molecule is CC(C)C[C@H](NC(=O)CCC(=O)[C@@H]1CCN1c1ncc(F)cn1)B(O)O. The van der Waals surface area contributed by atoms with E-state index in [4.69, 9.17) is 0 Å². The molecule has 1 aromatic rings.